The Bertz CT molecular complexity index is 1650. The number of aliphatic hydroxyl groups excluding tert-OH is 2. The monoisotopic (exact) mass is 631 g/mol. The molecule has 3 aromatic rings. The van der Waals surface area contributed by atoms with Crippen molar-refractivity contribution >= 4 is 24.5 Å². The van der Waals surface area contributed by atoms with Gasteiger partial charge in [-0.1, -0.05) is 30.3 Å². The number of halogens is 3. The van der Waals surface area contributed by atoms with Crippen LogP contribution in [-0.4, -0.2) is 68.7 Å². The van der Waals surface area contributed by atoms with Gasteiger partial charge < -0.3 is 24.2 Å². The number of aliphatic hydroxyl groups is 2. The van der Waals surface area contributed by atoms with Crippen LogP contribution in [0.2, 0.25) is 0 Å². The highest BCUT2D eigenvalue weighted by Gasteiger charge is 2.61. The number of nitrogens with one attached hydrogen (secondary N) is 2. The molecule has 4 N–H and O–H groups in total. The molecule has 0 saturated carbocycles. The lowest BCUT2D eigenvalue weighted by Crippen LogP contribution is -2.53. The summed E-state index contributed by atoms with van der Waals surface area (Å²) >= 11 is 0. The van der Waals surface area contributed by atoms with Crippen molar-refractivity contribution in [2.24, 2.45) is 0 Å². The molecule has 17 heteroatoms. The lowest BCUT2D eigenvalue weighted by molar-refractivity contribution is -0.193. The zero-order valence-corrected chi connectivity index (χ0v) is 23.9. The first-order valence-electron chi connectivity index (χ1n) is 12.9. The van der Waals surface area contributed by atoms with Crippen molar-refractivity contribution in [1.82, 2.24) is 14.6 Å². The predicted molar refractivity (Wildman–Crippen MR) is 144 cm³/mol. The molecule has 13 nitrogen and oxygen atoms in total. The third-order valence-electron chi connectivity index (χ3n) is 6.49. The van der Waals surface area contributed by atoms with E-state index < -0.39 is 80.0 Å². The van der Waals surface area contributed by atoms with Gasteiger partial charge >= 0.3 is 19.4 Å². The van der Waals surface area contributed by atoms with Crippen molar-refractivity contribution < 1.29 is 51.3 Å². The van der Waals surface area contributed by atoms with Gasteiger partial charge in [0.15, 0.2) is 11.8 Å². The van der Waals surface area contributed by atoms with Crippen LogP contribution >= 0.6 is 7.75 Å². The minimum Gasteiger partial charge on any atom is -0.462 e. The molecule has 0 amide bonds. The maximum absolute atomic E-state index is 14.5. The molecular weight excluding hydrogens is 602 g/mol. The molecule has 1 saturated heterocycles. The van der Waals surface area contributed by atoms with E-state index in [0.717, 1.165) is 5.39 Å². The number of nitrogens with zero attached hydrogens (tertiary/aromatic N) is 1. The fourth-order valence-corrected chi connectivity index (χ4v) is 5.83. The van der Waals surface area contributed by atoms with Gasteiger partial charge in [0, 0.05) is 0 Å². The van der Waals surface area contributed by atoms with Crippen molar-refractivity contribution in [3.8, 4) is 5.75 Å². The third kappa shape index (κ3) is 6.84. The van der Waals surface area contributed by atoms with Crippen LogP contribution in [0.4, 0.5) is 13.2 Å². The molecular formula is C26H29F3N3O10P. The molecule has 234 valence electrons. The summed E-state index contributed by atoms with van der Waals surface area (Å²) in [6.45, 7) is 2.96. The standard InChI is InChI=1S/C26H29F3N3O10P/c1-13(2)40-23(36)14(3)31-43(38,42-17-9-8-15-6-4-5-7-16(15)10-17)39-12-26(24(28)29)20(34)19(33)22(41-26)32-11-18(27)21(35)30-25(32)37/h4-11,13-14,19-20,22,24,33-34H,12H2,1-3H3,(H,31,38)(H,30,35,37)/t14-,19+,20+,22+,26+,43?/m0/s1. The van der Waals surface area contributed by atoms with Gasteiger partial charge in [0.2, 0.25) is 5.82 Å². The van der Waals surface area contributed by atoms with Crippen LogP contribution in [0.1, 0.15) is 27.0 Å². The molecule has 6 atom stereocenters. The Morgan fingerprint density at radius 3 is 2.49 bits per heavy atom. The van der Waals surface area contributed by atoms with E-state index in [1.807, 2.05) is 0 Å². The van der Waals surface area contributed by atoms with Crippen molar-refractivity contribution in [2.45, 2.75) is 63.4 Å². The minimum absolute atomic E-state index is 0.0499. The molecule has 2 aromatic carbocycles. The predicted octanol–water partition coefficient (Wildman–Crippen LogP) is 2.22. The topological polar surface area (TPSA) is 178 Å². The Morgan fingerprint density at radius 1 is 1.16 bits per heavy atom. The van der Waals surface area contributed by atoms with Crippen molar-refractivity contribution in [1.29, 1.82) is 0 Å². The van der Waals surface area contributed by atoms with Crippen LogP contribution in [0.25, 0.3) is 10.8 Å². The van der Waals surface area contributed by atoms with Crippen molar-refractivity contribution in [2.75, 3.05) is 6.61 Å². The Balaban J connectivity index is 1.66. The van der Waals surface area contributed by atoms with Crippen LogP contribution in [-0.2, 0) is 23.4 Å². The van der Waals surface area contributed by atoms with Gasteiger partial charge in [0.05, 0.1) is 18.9 Å². The largest absolute Gasteiger partial charge is 0.462 e. The van der Waals surface area contributed by atoms with Gasteiger partial charge in [0.1, 0.15) is 24.0 Å². The third-order valence-corrected chi connectivity index (χ3v) is 8.11. The van der Waals surface area contributed by atoms with Crippen LogP contribution in [0.3, 0.4) is 0 Å². The first kappa shape index (κ1) is 32.4. The maximum atomic E-state index is 14.5. The average molecular weight is 631 g/mol. The number of carbonyl (C=O) groups excluding carboxylic acids is 1. The second-order valence-electron chi connectivity index (χ2n) is 10.1. The van der Waals surface area contributed by atoms with E-state index in [1.165, 1.54) is 19.1 Å². The summed E-state index contributed by atoms with van der Waals surface area (Å²) in [5.41, 5.74) is -5.90. The molecule has 0 radical (unpaired) electrons. The molecule has 0 bridgehead atoms. The zero-order chi connectivity index (χ0) is 31.7. The number of ether oxygens (including phenoxy) is 2. The molecule has 0 spiro atoms. The molecule has 1 aromatic heterocycles. The van der Waals surface area contributed by atoms with E-state index in [2.05, 4.69) is 5.09 Å². The Morgan fingerprint density at radius 2 is 1.84 bits per heavy atom. The van der Waals surface area contributed by atoms with E-state index >= 15 is 0 Å². The number of hydrogen-bond donors (Lipinski definition) is 4. The number of benzene rings is 2. The van der Waals surface area contributed by atoms with E-state index in [9.17, 15) is 42.3 Å². The second kappa shape index (κ2) is 12.6. The second-order valence-corrected chi connectivity index (χ2v) is 11.7. The van der Waals surface area contributed by atoms with Gasteiger partial charge in [-0.25, -0.2) is 18.1 Å². The van der Waals surface area contributed by atoms with E-state index in [1.54, 1.807) is 49.2 Å². The number of aromatic amines is 1. The lowest BCUT2D eigenvalue weighted by atomic mass is 9.96. The minimum atomic E-state index is -4.80. The average Bonchev–Trinajstić information content (AvgIpc) is 3.19. The molecule has 43 heavy (non-hydrogen) atoms. The van der Waals surface area contributed by atoms with E-state index in [-0.39, 0.29) is 10.3 Å². The van der Waals surface area contributed by atoms with Crippen molar-refractivity contribution in [3.63, 3.8) is 0 Å². The Hall–Kier alpha value is -3.53. The summed E-state index contributed by atoms with van der Waals surface area (Å²) in [5.74, 6) is -2.43. The quantitative estimate of drug-likeness (QED) is 0.180. The number of esters is 1. The van der Waals surface area contributed by atoms with Gasteiger partial charge in [0.25, 0.3) is 12.0 Å². The number of hydrogen-bond acceptors (Lipinski definition) is 10. The number of alkyl halides is 2. The normalized spacial score (nSPS) is 24.3. The lowest BCUT2D eigenvalue weighted by Gasteiger charge is -2.32. The molecule has 0 aliphatic carbocycles. The maximum Gasteiger partial charge on any atom is 0.459 e. The van der Waals surface area contributed by atoms with Crippen LogP contribution in [0.5, 0.6) is 5.75 Å². The van der Waals surface area contributed by atoms with E-state index in [0.29, 0.717) is 11.6 Å². The van der Waals surface area contributed by atoms with Crippen LogP contribution in [0.15, 0.2) is 58.3 Å². The molecule has 1 unspecified atom stereocenters. The van der Waals surface area contributed by atoms with Crippen molar-refractivity contribution in [3.05, 3.63) is 75.3 Å². The van der Waals surface area contributed by atoms with Gasteiger partial charge in [-0.2, -0.15) is 9.48 Å². The van der Waals surface area contributed by atoms with Gasteiger partial charge in [-0.05, 0) is 43.7 Å². The smallest absolute Gasteiger partial charge is 0.459 e. The number of aromatic nitrogens is 2. The highest BCUT2D eigenvalue weighted by Crippen LogP contribution is 2.49. The Labute approximate surface area is 241 Å². The number of fused-ring (bicyclic) bond motifs is 1. The number of rotatable bonds is 11. The van der Waals surface area contributed by atoms with Gasteiger partial charge in [-0.3, -0.25) is 23.7 Å². The fraction of sp³-hybridized carbons (Fsp3) is 0.423. The fourth-order valence-electron chi connectivity index (χ4n) is 4.31. The summed E-state index contributed by atoms with van der Waals surface area (Å²) in [4.78, 5) is 37.6. The SMILES string of the molecule is CC(C)OC(=O)[C@H](C)NP(=O)(OC[C@@]1(C(F)F)O[C@@H](n2cc(F)c(=O)[nH]c2=O)[C@H](O)[C@H]1O)Oc1ccc2ccccc2c1. The number of H-pyrrole nitrogens is 1. The summed E-state index contributed by atoms with van der Waals surface area (Å²) in [7, 11) is -4.80. The molecule has 1 aliphatic rings. The van der Waals surface area contributed by atoms with Gasteiger partial charge in [-0.15, -0.1) is 0 Å². The number of carbonyl (C=O) groups is 1. The zero-order valence-electron chi connectivity index (χ0n) is 23.0. The highest BCUT2D eigenvalue weighted by molar-refractivity contribution is 7.52. The molecule has 1 fully saturated rings. The Kier molecular flexibility index (Phi) is 9.49. The summed E-state index contributed by atoms with van der Waals surface area (Å²) in [6, 6.07) is 10.2. The first-order valence-corrected chi connectivity index (χ1v) is 14.4. The molecule has 1 aliphatic heterocycles. The van der Waals surface area contributed by atoms with Crippen LogP contribution < -0.4 is 20.9 Å². The first-order chi connectivity index (χ1) is 20.2. The van der Waals surface area contributed by atoms with E-state index in [4.69, 9.17) is 18.5 Å². The molecule has 2 heterocycles. The summed E-state index contributed by atoms with van der Waals surface area (Å²) in [5, 5.41) is 25.0. The summed E-state index contributed by atoms with van der Waals surface area (Å²) < 4.78 is 78.4. The van der Waals surface area contributed by atoms with Crippen LogP contribution in [0, 0.1) is 5.82 Å². The highest BCUT2D eigenvalue weighted by atomic mass is 31.2. The molecule has 4 rings (SSSR count). The summed E-state index contributed by atoms with van der Waals surface area (Å²) in [6.07, 6.45) is -10.8.